The van der Waals surface area contributed by atoms with Gasteiger partial charge in [0.05, 0.1) is 0 Å². The molecule has 1 unspecified atom stereocenters. The standard InChI is InChI=1S/C7H17N5S/c1-5(4-13-2)3-11-7(10)12-6(8)9/h5H,3-4H2,1-2H3,(H6,8,9,10,11,12). The van der Waals surface area contributed by atoms with E-state index < -0.39 is 0 Å². The summed E-state index contributed by atoms with van der Waals surface area (Å²) >= 11 is 1.78. The van der Waals surface area contributed by atoms with Crippen molar-refractivity contribution in [2.24, 2.45) is 22.4 Å². The zero-order chi connectivity index (χ0) is 10.3. The van der Waals surface area contributed by atoms with Gasteiger partial charge in [-0.05, 0) is 17.9 Å². The van der Waals surface area contributed by atoms with E-state index in [0.717, 1.165) is 5.75 Å². The van der Waals surface area contributed by atoms with E-state index in [1.807, 2.05) is 0 Å². The highest BCUT2D eigenvalue weighted by atomic mass is 32.2. The zero-order valence-electron chi connectivity index (χ0n) is 8.00. The predicted octanol–water partition coefficient (Wildman–Crippen LogP) is -0.217. The van der Waals surface area contributed by atoms with Crippen LogP contribution in [0.4, 0.5) is 0 Å². The summed E-state index contributed by atoms with van der Waals surface area (Å²) in [7, 11) is 0. The first-order valence-corrected chi connectivity index (χ1v) is 5.35. The maximum absolute atomic E-state index is 6.89. The fraction of sp³-hybridized carbons (Fsp3) is 0.714. The first-order valence-electron chi connectivity index (χ1n) is 3.96. The first kappa shape index (κ1) is 12.1. The molecule has 0 saturated heterocycles. The molecule has 0 aromatic carbocycles. The van der Waals surface area contributed by atoms with Crippen molar-refractivity contribution in [2.75, 3.05) is 18.6 Å². The van der Waals surface area contributed by atoms with Crippen LogP contribution in [0.5, 0.6) is 0 Å². The number of nitrogens with one attached hydrogen (secondary N) is 2. The van der Waals surface area contributed by atoms with Crippen molar-refractivity contribution in [1.82, 2.24) is 5.32 Å². The van der Waals surface area contributed by atoms with Crippen LogP contribution in [-0.2, 0) is 0 Å². The first-order chi connectivity index (χ1) is 6.06. The van der Waals surface area contributed by atoms with Gasteiger partial charge in [0, 0.05) is 6.54 Å². The predicted molar refractivity (Wildman–Crippen MR) is 59.1 cm³/mol. The molecule has 76 valence electrons. The Morgan fingerprint density at radius 1 is 1.62 bits per heavy atom. The molecule has 0 heterocycles. The number of thioether (sulfide) groups is 1. The lowest BCUT2D eigenvalue weighted by Crippen LogP contribution is -2.41. The van der Waals surface area contributed by atoms with Gasteiger partial charge in [-0.25, -0.2) is 0 Å². The topological polar surface area (TPSA) is 100 Å². The number of hydrogen-bond acceptors (Lipinski definition) is 3. The molecule has 0 fully saturated rings. The molecule has 0 aliphatic heterocycles. The van der Waals surface area contributed by atoms with Crippen molar-refractivity contribution >= 4 is 23.7 Å². The molecular weight excluding hydrogens is 186 g/mol. The van der Waals surface area contributed by atoms with E-state index in [2.05, 4.69) is 23.5 Å². The number of aliphatic imine (C=N–C) groups is 1. The minimum Gasteiger partial charge on any atom is -0.370 e. The van der Waals surface area contributed by atoms with Crippen LogP contribution < -0.4 is 16.8 Å². The van der Waals surface area contributed by atoms with Crippen LogP contribution >= 0.6 is 11.8 Å². The smallest absolute Gasteiger partial charge is 0.195 e. The Morgan fingerprint density at radius 2 is 2.23 bits per heavy atom. The van der Waals surface area contributed by atoms with E-state index in [9.17, 15) is 0 Å². The van der Waals surface area contributed by atoms with Gasteiger partial charge in [-0.1, -0.05) is 6.92 Å². The molecule has 0 aromatic heterocycles. The van der Waals surface area contributed by atoms with Gasteiger partial charge in [0.2, 0.25) is 0 Å². The lowest BCUT2D eigenvalue weighted by molar-refractivity contribution is 0.675. The van der Waals surface area contributed by atoms with Crippen LogP contribution in [-0.4, -0.2) is 30.5 Å². The molecule has 5 nitrogen and oxygen atoms in total. The molecular formula is C7H17N5S. The minimum absolute atomic E-state index is 0.182. The summed E-state index contributed by atoms with van der Waals surface area (Å²) in [5.41, 5.74) is 10.5. The van der Waals surface area contributed by atoms with Gasteiger partial charge in [0.1, 0.15) is 0 Å². The quantitative estimate of drug-likeness (QED) is 0.375. The zero-order valence-corrected chi connectivity index (χ0v) is 8.82. The van der Waals surface area contributed by atoms with E-state index in [4.69, 9.17) is 16.9 Å². The Hall–Kier alpha value is -0.910. The Morgan fingerprint density at radius 3 is 2.69 bits per heavy atom. The molecule has 1 atom stereocenters. The molecule has 0 bridgehead atoms. The van der Waals surface area contributed by atoms with Crippen molar-refractivity contribution in [1.29, 1.82) is 5.41 Å². The molecule has 0 amide bonds. The molecule has 6 heteroatoms. The second-order valence-electron chi connectivity index (χ2n) is 2.83. The van der Waals surface area contributed by atoms with Gasteiger partial charge >= 0.3 is 0 Å². The molecule has 0 aliphatic rings. The third-order valence-corrected chi connectivity index (χ3v) is 2.19. The lowest BCUT2D eigenvalue weighted by Gasteiger charge is -2.07. The van der Waals surface area contributed by atoms with Crippen LogP contribution in [0.15, 0.2) is 4.99 Å². The van der Waals surface area contributed by atoms with E-state index in [-0.39, 0.29) is 11.9 Å². The Kier molecular flexibility index (Phi) is 6.13. The SMILES string of the molecule is CSCC(C)CN=C(N)NC(=N)N. The van der Waals surface area contributed by atoms with Crippen molar-refractivity contribution in [2.45, 2.75) is 6.92 Å². The molecule has 0 aromatic rings. The monoisotopic (exact) mass is 203 g/mol. The van der Waals surface area contributed by atoms with Gasteiger partial charge < -0.3 is 11.5 Å². The maximum atomic E-state index is 6.89. The van der Waals surface area contributed by atoms with E-state index in [1.165, 1.54) is 0 Å². The highest BCUT2D eigenvalue weighted by Crippen LogP contribution is 2.03. The second-order valence-corrected chi connectivity index (χ2v) is 3.74. The summed E-state index contributed by atoms with van der Waals surface area (Å²) in [4.78, 5) is 4.03. The van der Waals surface area contributed by atoms with Crippen LogP contribution in [0.25, 0.3) is 0 Å². The van der Waals surface area contributed by atoms with Crippen LogP contribution in [0, 0.1) is 11.3 Å². The number of nitrogens with two attached hydrogens (primary N) is 2. The van der Waals surface area contributed by atoms with Crippen molar-refractivity contribution in [3.05, 3.63) is 0 Å². The summed E-state index contributed by atoms with van der Waals surface area (Å²) < 4.78 is 0. The van der Waals surface area contributed by atoms with Crippen molar-refractivity contribution in [3.8, 4) is 0 Å². The van der Waals surface area contributed by atoms with Crippen LogP contribution in [0.1, 0.15) is 6.92 Å². The highest BCUT2D eigenvalue weighted by molar-refractivity contribution is 7.98. The fourth-order valence-corrected chi connectivity index (χ4v) is 1.44. The minimum atomic E-state index is -0.182. The average molecular weight is 203 g/mol. The van der Waals surface area contributed by atoms with Crippen molar-refractivity contribution < 1.29 is 0 Å². The maximum Gasteiger partial charge on any atom is 0.195 e. The normalized spacial score (nSPS) is 13.8. The van der Waals surface area contributed by atoms with Gasteiger partial charge in [0.25, 0.3) is 0 Å². The second kappa shape index (κ2) is 6.59. The molecule has 0 rings (SSSR count). The number of nitrogens with zero attached hydrogens (tertiary/aromatic N) is 1. The molecule has 0 spiro atoms. The van der Waals surface area contributed by atoms with Gasteiger partial charge in [-0.15, -0.1) is 0 Å². The molecule has 13 heavy (non-hydrogen) atoms. The van der Waals surface area contributed by atoms with Gasteiger partial charge in [0.15, 0.2) is 11.9 Å². The molecule has 0 aliphatic carbocycles. The fourth-order valence-electron chi connectivity index (χ4n) is 0.769. The summed E-state index contributed by atoms with van der Waals surface area (Å²) in [5.74, 6) is 1.57. The van der Waals surface area contributed by atoms with Crippen LogP contribution in [0.2, 0.25) is 0 Å². The largest absolute Gasteiger partial charge is 0.370 e. The van der Waals surface area contributed by atoms with E-state index >= 15 is 0 Å². The summed E-state index contributed by atoms with van der Waals surface area (Å²) in [6, 6.07) is 0. The summed E-state index contributed by atoms with van der Waals surface area (Å²) in [5, 5.41) is 9.32. The van der Waals surface area contributed by atoms with E-state index in [0.29, 0.717) is 12.5 Å². The summed E-state index contributed by atoms with van der Waals surface area (Å²) in [6.07, 6.45) is 2.05. The molecule has 0 radical (unpaired) electrons. The lowest BCUT2D eigenvalue weighted by atomic mass is 10.2. The van der Waals surface area contributed by atoms with Gasteiger partial charge in [-0.2, -0.15) is 11.8 Å². The Labute approximate surface area is 82.9 Å². The Balaban J connectivity index is 3.75. The number of rotatable bonds is 4. The molecule has 6 N–H and O–H groups in total. The van der Waals surface area contributed by atoms with E-state index in [1.54, 1.807) is 11.8 Å². The average Bonchev–Trinajstić information content (AvgIpc) is 2.00. The van der Waals surface area contributed by atoms with Crippen molar-refractivity contribution in [3.63, 3.8) is 0 Å². The highest BCUT2D eigenvalue weighted by Gasteiger charge is 1.99. The Bertz CT molecular complexity index is 191. The third-order valence-electron chi connectivity index (χ3n) is 1.29. The van der Waals surface area contributed by atoms with Gasteiger partial charge in [-0.3, -0.25) is 15.7 Å². The molecule has 0 saturated carbocycles. The van der Waals surface area contributed by atoms with Crippen LogP contribution in [0.3, 0.4) is 0 Å². The third kappa shape index (κ3) is 7.45. The number of hydrogen-bond donors (Lipinski definition) is 4. The summed E-state index contributed by atoms with van der Waals surface area (Å²) in [6.45, 7) is 2.76. The number of guanidine groups is 2.